The molecule has 7 heavy (non-hydrogen) atoms. The SMILES string of the molecule is CC1OC2CC1C2. The summed E-state index contributed by atoms with van der Waals surface area (Å²) in [5.41, 5.74) is 0. The van der Waals surface area contributed by atoms with Crippen LogP contribution in [0.2, 0.25) is 0 Å². The molecule has 0 aromatic heterocycles. The number of hydrogen-bond acceptors (Lipinski definition) is 1. The molecule has 1 saturated carbocycles. The van der Waals surface area contributed by atoms with E-state index in [-0.39, 0.29) is 0 Å². The molecule has 1 nitrogen and oxygen atoms in total. The van der Waals surface area contributed by atoms with Gasteiger partial charge < -0.3 is 4.74 Å². The Hall–Kier alpha value is -0.0400. The van der Waals surface area contributed by atoms with Crippen LogP contribution in [-0.4, -0.2) is 12.2 Å². The van der Waals surface area contributed by atoms with Crippen LogP contribution in [0, 0.1) is 5.92 Å². The Balaban J connectivity index is 2.13. The number of rotatable bonds is 0. The maximum absolute atomic E-state index is 5.44. The Morgan fingerprint density at radius 2 is 2.14 bits per heavy atom. The molecule has 40 valence electrons. The third-order valence-corrected chi connectivity index (χ3v) is 2.20. The van der Waals surface area contributed by atoms with Gasteiger partial charge in [0.05, 0.1) is 12.2 Å². The molecule has 1 aliphatic carbocycles. The summed E-state index contributed by atoms with van der Waals surface area (Å²) in [4.78, 5) is 0. The third kappa shape index (κ3) is 0.367. The second kappa shape index (κ2) is 1.03. The summed E-state index contributed by atoms with van der Waals surface area (Å²) in [6, 6.07) is 0. The van der Waals surface area contributed by atoms with Crippen molar-refractivity contribution in [3.8, 4) is 0 Å². The highest BCUT2D eigenvalue weighted by Gasteiger charge is 2.42. The van der Waals surface area contributed by atoms with Crippen LogP contribution in [0.1, 0.15) is 19.8 Å². The summed E-state index contributed by atoms with van der Waals surface area (Å²) in [5, 5.41) is 0. The normalized spacial score (nSPS) is 57.0. The summed E-state index contributed by atoms with van der Waals surface area (Å²) < 4.78 is 5.44. The maximum Gasteiger partial charge on any atom is 0.0586 e. The van der Waals surface area contributed by atoms with Gasteiger partial charge in [-0.05, 0) is 25.7 Å². The highest BCUT2D eigenvalue weighted by Crippen LogP contribution is 2.42. The monoisotopic (exact) mass is 98.1 g/mol. The molecule has 0 amide bonds. The minimum atomic E-state index is 0.588. The van der Waals surface area contributed by atoms with Crippen molar-refractivity contribution in [3.05, 3.63) is 0 Å². The fraction of sp³-hybridized carbons (Fsp3) is 1.00. The molecule has 0 aromatic rings. The zero-order valence-electron chi connectivity index (χ0n) is 4.55. The largest absolute Gasteiger partial charge is 0.375 e. The van der Waals surface area contributed by atoms with Gasteiger partial charge in [-0.1, -0.05) is 0 Å². The highest BCUT2D eigenvalue weighted by molar-refractivity contribution is 4.91. The van der Waals surface area contributed by atoms with Gasteiger partial charge in [-0.15, -0.1) is 0 Å². The molecule has 3 rings (SSSR count). The molecular formula is C6H10O. The van der Waals surface area contributed by atoms with E-state index in [0.29, 0.717) is 12.2 Å². The summed E-state index contributed by atoms with van der Waals surface area (Å²) in [7, 11) is 0. The van der Waals surface area contributed by atoms with Crippen LogP contribution >= 0.6 is 0 Å². The molecule has 0 radical (unpaired) electrons. The van der Waals surface area contributed by atoms with E-state index in [9.17, 15) is 0 Å². The predicted molar refractivity (Wildman–Crippen MR) is 27.1 cm³/mol. The molecule has 1 unspecified atom stereocenters. The van der Waals surface area contributed by atoms with Crippen molar-refractivity contribution in [1.29, 1.82) is 0 Å². The molecule has 1 atom stereocenters. The maximum atomic E-state index is 5.44. The lowest BCUT2D eigenvalue weighted by molar-refractivity contribution is 0.0872. The van der Waals surface area contributed by atoms with E-state index in [4.69, 9.17) is 4.74 Å². The third-order valence-electron chi connectivity index (χ3n) is 2.20. The molecule has 3 fully saturated rings. The Morgan fingerprint density at radius 3 is 2.29 bits per heavy atom. The molecule has 0 N–H and O–H groups in total. The number of hydrogen-bond donors (Lipinski definition) is 0. The first-order chi connectivity index (χ1) is 3.36. The Morgan fingerprint density at radius 1 is 1.43 bits per heavy atom. The zero-order chi connectivity index (χ0) is 4.85. The molecule has 2 aliphatic heterocycles. The minimum absolute atomic E-state index is 0.588. The fourth-order valence-electron chi connectivity index (χ4n) is 1.52. The Kier molecular flexibility index (Phi) is 0.571. The molecule has 2 saturated heterocycles. The van der Waals surface area contributed by atoms with Crippen molar-refractivity contribution in [2.45, 2.75) is 32.0 Å². The molecule has 2 heterocycles. The van der Waals surface area contributed by atoms with Crippen LogP contribution in [-0.2, 0) is 4.74 Å². The average Bonchev–Trinajstić information content (AvgIpc) is 1.85. The fourth-order valence-corrected chi connectivity index (χ4v) is 1.52. The lowest BCUT2D eigenvalue weighted by Gasteiger charge is -2.18. The van der Waals surface area contributed by atoms with E-state index in [1.54, 1.807) is 0 Å². The lowest BCUT2D eigenvalue weighted by atomic mass is 9.84. The van der Waals surface area contributed by atoms with E-state index >= 15 is 0 Å². The number of fused-ring (bicyclic) bond motifs is 1. The summed E-state index contributed by atoms with van der Waals surface area (Å²) in [6.07, 6.45) is 3.95. The molecule has 3 aliphatic rings. The first-order valence-electron chi connectivity index (χ1n) is 3.02. The van der Waals surface area contributed by atoms with Gasteiger partial charge in [-0.3, -0.25) is 0 Å². The van der Waals surface area contributed by atoms with E-state index < -0.39 is 0 Å². The smallest absolute Gasteiger partial charge is 0.0586 e. The number of ether oxygens (including phenoxy) is 1. The van der Waals surface area contributed by atoms with Crippen molar-refractivity contribution < 1.29 is 4.74 Å². The second-order valence-corrected chi connectivity index (χ2v) is 2.69. The van der Waals surface area contributed by atoms with Crippen LogP contribution in [0.5, 0.6) is 0 Å². The predicted octanol–water partition coefficient (Wildman–Crippen LogP) is 1.18. The first-order valence-corrected chi connectivity index (χ1v) is 3.02. The second-order valence-electron chi connectivity index (χ2n) is 2.69. The van der Waals surface area contributed by atoms with Crippen molar-refractivity contribution in [3.63, 3.8) is 0 Å². The van der Waals surface area contributed by atoms with Gasteiger partial charge in [0.1, 0.15) is 0 Å². The molecular weight excluding hydrogens is 88.1 g/mol. The van der Waals surface area contributed by atoms with Gasteiger partial charge in [0.2, 0.25) is 0 Å². The standard InChI is InChI=1S/C6H10O/c1-4-5-2-6(3-5)7-4/h4-6H,2-3H2,1H3. The van der Waals surface area contributed by atoms with Crippen molar-refractivity contribution in [2.75, 3.05) is 0 Å². The van der Waals surface area contributed by atoms with Crippen LogP contribution in [0.25, 0.3) is 0 Å². The van der Waals surface area contributed by atoms with Gasteiger partial charge in [-0.25, -0.2) is 0 Å². The minimum Gasteiger partial charge on any atom is -0.375 e. The Bertz CT molecular complexity index is 84.2. The average molecular weight is 98.1 g/mol. The summed E-state index contributed by atoms with van der Waals surface area (Å²) in [5.74, 6) is 0.935. The Labute approximate surface area is 43.7 Å². The molecule has 0 spiro atoms. The van der Waals surface area contributed by atoms with E-state index in [2.05, 4.69) is 6.92 Å². The lowest BCUT2D eigenvalue weighted by Crippen LogP contribution is -2.18. The van der Waals surface area contributed by atoms with Crippen molar-refractivity contribution >= 4 is 0 Å². The highest BCUT2D eigenvalue weighted by atomic mass is 16.5. The van der Waals surface area contributed by atoms with Crippen molar-refractivity contribution in [1.82, 2.24) is 0 Å². The van der Waals surface area contributed by atoms with Crippen LogP contribution < -0.4 is 0 Å². The van der Waals surface area contributed by atoms with Crippen LogP contribution in [0.4, 0.5) is 0 Å². The molecule has 2 bridgehead atoms. The van der Waals surface area contributed by atoms with Crippen LogP contribution in [0.15, 0.2) is 0 Å². The van der Waals surface area contributed by atoms with Gasteiger partial charge >= 0.3 is 0 Å². The summed E-state index contributed by atoms with van der Waals surface area (Å²) in [6.45, 7) is 2.18. The van der Waals surface area contributed by atoms with Gasteiger partial charge in [0.15, 0.2) is 0 Å². The molecule has 1 heteroatoms. The zero-order valence-corrected chi connectivity index (χ0v) is 4.55. The van der Waals surface area contributed by atoms with Gasteiger partial charge in [0.25, 0.3) is 0 Å². The van der Waals surface area contributed by atoms with E-state index in [1.165, 1.54) is 12.8 Å². The van der Waals surface area contributed by atoms with Crippen LogP contribution in [0.3, 0.4) is 0 Å². The van der Waals surface area contributed by atoms with Gasteiger partial charge in [0, 0.05) is 0 Å². The van der Waals surface area contributed by atoms with E-state index in [1.807, 2.05) is 0 Å². The quantitative estimate of drug-likeness (QED) is 0.442. The van der Waals surface area contributed by atoms with Crippen molar-refractivity contribution in [2.24, 2.45) is 5.92 Å². The summed E-state index contributed by atoms with van der Waals surface area (Å²) >= 11 is 0. The van der Waals surface area contributed by atoms with E-state index in [0.717, 1.165) is 5.92 Å². The topological polar surface area (TPSA) is 9.23 Å². The first kappa shape index (κ1) is 3.90. The molecule has 0 aromatic carbocycles. The van der Waals surface area contributed by atoms with Gasteiger partial charge in [-0.2, -0.15) is 0 Å².